The highest BCUT2D eigenvalue weighted by atomic mass is 32.2. The van der Waals surface area contributed by atoms with Crippen molar-refractivity contribution in [3.63, 3.8) is 0 Å². The van der Waals surface area contributed by atoms with Gasteiger partial charge in [0.15, 0.2) is 5.17 Å². The Morgan fingerprint density at radius 2 is 1.86 bits per heavy atom. The van der Waals surface area contributed by atoms with E-state index < -0.39 is 0 Å². The summed E-state index contributed by atoms with van der Waals surface area (Å²) in [7, 11) is 0. The number of thioether (sulfide) groups is 1. The Labute approximate surface area is 132 Å². The predicted molar refractivity (Wildman–Crippen MR) is 92.9 cm³/mol. The fraction of sp³-hybridized carbons (Fsp3) is 0.611. The van der Waals surface area contributed by atoms with Crippen LogP contribution < -0.4 is 5.32 Å². The second-order valence-corrected chi connectivity index (χ2v) is 7.63. The molecule has 1 saturated heterocycles. The Morgan fingerprint density at radius 1 is 1.19 bits per heavy atom. The lowest BCUT2D eigenvalue weighted by Gasteiger charge is -2.35. The average Bonchev–Trinajstić information content (AvgIpc) is 2.92. The minimum Gasteiger partial charge on any atom is -0.359 e. The fourth-order valence-electron chi connectivity index (χ4n) is 3.22. The van der Waals surface area contributed by atoms with Crippen LogP contribution in [0.4, 0.5) is 0 Å². The summed E-state index contributed by atoms with van der Waals surface area (Å²) in [5, 5.41) is 4.89. The van der Waals surface area contributed by atoms with E-state index in [4.69, 9.17) is 4.99 Å². The van der Waals surface area contributed by atoms with E-state index in [-0.39, 0.29) is 0 Å². The van der Waals surface area contributed by atoms with Gasteiger partial charge in [0.1, 0.15) is 0 Å². The molecule has 2 fully saturated rings. The summed E-state index contributed by atoms with van der Waals surface area (Å²) < 4.78 is 0. The van der Waals surface area contributed by atoms with Crippen molar-refractivity contribution in [2.45, 2.75) is 58.0 Å². The number of aryl methyl sites for hydroxylation is 1. The van der Waals surface area contributed by atoms with E-state index in [1.165, 1.54) is 42.6 Å². The fourth-order valence-corrected chi connectivity index (χ4v) is 4.44. The lowest BCUT2D eigenvalue weighted by atomic mass is 9.78. The van der Waals surface area contributed by atoms with E-state index in [9.17, 15) is 0 Å². The van der Waals surface area contributed by atoms with E-state index in [1.807, 2.05) is 11.8 Å². The Hall–Kier alpha value is -0.960. The summed E-state index contributed by atoms with van der Waals surface area (Å²) in [6.07, 6.45) is 6.45. The van der Waals surface area contributed by atoms with Crippen molar-refractivity contribution in [3.8, 4) is 0 Å². The Balaban J connectivity index is 1.58. The molecule has 2 nitrogen and oxygen atoms in total. The maximum Gasteiger partial charge on any atom is 0.157 e. The maximum atomic E-state index is 4.79. The summed E-state index contributed by atoms with van der Waals surface area (Å²) >= 11 is 1.91. The minimum absolute atomic E-state index is 0.349. The van der Waals surface area contributed by atoms with Crippen LogP contribution in [-0.4, -0.2) is 16.5 Å². The standard InChI is InChI=1S/C18H26N2S/c1-3-15-4-6-16(7-5-15)12-19-17-20-18(13-21-17)10-8-14(2)9-11-18/h4-7,14H,3,8-13H2,1-2H3,(H,19,20). The van der Waals surface area contributed by atoms with Crippen LogP contribution in [0.15, 0.2) is 29.3 Å². The van der Waals surface area contributed by atoms with Crippen molar-refractivity contribution < 1.29 is 0 Å². The number of amidine groups is 1. The van der Waals surface area contributed by atoms with Crippen LogP contribution in [0.2, 0.25) is 0 Å². The largest absolute Gasteiger partial charge is 0.359 e. The smallest absolute Gasteiger partial charge is 0.157 e. The summed E-state index contributed by atoms with van der Waals surface area (Å²) in [6, 6.07) is 8.85. The molecule has 0 atom stereocenters. The average molecular weight is 302 g/mol. The molecule has 0 aromatic heterocycles. The van der Waals surface area contributed by atoms with Crippen molar-refractivity contribution >= 4 is 16.9 Å². The number of benzene rings is 1. The summed E-state index contributed by atoms with van der Waals surface area (Å²) in [5.41, 5.74) is 3.05. The number of rotatable bonds is 3. The highest BCUT2D eigenvalue weighted by Crippen LogP contribution is 2.38. The quantitative estimate of drug-likeness (QED) is 0.895. The number of nitrogens with zero attached hydrogens (tertiary/aromatic N) is 1. The third kappa shape index (κ3) is 3.63. The molecule has 1 aliphatic carbocycles. The third-order valence-electron chi connectivity index (χ3n) is 4.93. The van der Waals surface area contributed by atoms with Crippen LogP contribution in [0.5, 0.6) is 0 Å². The van der Waals surface area contributed by atoms with Gasteiger partial charge < -0.3 is 5.32 Å². The molecule has 3 rings (SSSR count). The van der Waals surface area contributed by atoms with Crippen LogP contribution in [-0.2, 0) is 13.0 Å². The minimum atomic E-state index is 0.349. The van der Waals surface area contributed by atoms with Gasteiger partial charge in [0, 0.05) is 11.3 Å². The third-order valence-corrected chi connectivity index (χ3v) is 6.13. The number of nitrogens with one attached hydrogen (secondary N) is 1. The molecule has 1 aromatic carbocycles. The summed E-state index contributed by atoms with van der Waals surface area (Å²) in [4.78, 5) is 4.79. The number of aliphatic imine (C=N–C) groups is 1. The zero-order valence-corrected chi connectivity index (χ0v) is 14.0. The molecular formula is C18H26N2S. The molecule has 1 N–H and O–H groups in total. The van der Waals surface area contributed by atoms with Crippen LogP contribution in [0, 0.1) is 5.92 Å². The first-order chi connectivity index (χ1) is 10.2. The van der Waals surface area contributed by atoms with Gasteiger partial charge in [0.25, 0.3) is 0 Å². The van der Waals surface area contributed by atoms with E-state index >= 15 is 0 Å². The number of hydrogen-bond donors (Lipinski definition) is 1. The van der Waals surface area contributed by atoms with E-state index in [0.717, 1.165) is 24.1 Å². The molecule has 1 aliphatic heterocycles. The predicted octanol–water partition coefficient (Wildman–Crippen LogP) is 4.39. The normalized spacial score (nSPS) is 30.8. The van der Waals surface area contributed by atoms with Gasteiger partial charge in [0.05, 0.1) is 6.54 Å². The van der Waals surface area contributed by atoms with Gasteiger partial charge in [-0.3, -0.25) is 4.99 Å². The van der Waals surface area contributed by atoms with Crippen molar-refractivity contribution in [2.75, 3.05) is 5.75 Å². The second kappa shape index (κ2) is 6.43. The zero-order valence-electron chi connectivity index (χ0n) is 13.2. The molecule has 2 aliphatic rings. The topological polar surface area (TPSA) is 24.4 Å². The van der Waals surface area contributed by atoms with Crippen LogP contribution >= 0.6 is 11.8 Å². The summed E-state index contributed by atoms with van der Waals surface area (Å²) in [6.45, 7) is 5.37. The SMILES string of the molecule is CCc1ccc(CN=C2NC3(CCC(C)CC3)CS2)cc1. The van der Waals surface area contributed by atoms with Crippen molar-refractivity contribution in [1.82, 2.24) is 5.32 Å². The van der Waals surface area contributed by atoms with Gasteiger partial charge in [-0.15, -0.1) is 0 Å². The molecule has 1 saturated carbocycles. The molecule has 0 bridgehead atoms. The van der Waals surface area contributed by atoms with Gasteiger partial charge in [-0.25, -0.2) is 0 Å². The molecule has 3 heteroatoms. The highest BCUT2D eigenvalue weighted by molar-refractivity contribution is 8.14. The molecule has 1 spiro atoms. The molecule has 0 unspecified atom stereocenters. The first-order valence-corrected chi connectivity index (χ1v) is 9.21. The van der Waals surface area contributed by atoms with E-state index in [0.29, 0.717) is 5.54 Å². The molecule has 1 heterocycles. The zero-order chi connectivity index (χ0) is 14.7. The first kappa shape index (κ1) is 15.0. The van der Waals surface area contributed by atoms with Crippen molar-refractivity contribution in [2.24, 2.45) is 10.9 Å². The molecule has 1 aromatic rings. The Morgan fingerprint density at radius 3 is 2.52 bits per heavy atom. The van der Waals surface area contributed by atoms with Gasteiger partial charge in [-0.1, -0.05) is 49.9 Å². The van der Waals surface area contributed by atoms with Gasteiger partial charge >= 0.3 is 0 Å². The Bertz CT molecular complexity index is 498. The lowest BCUT2D eigenvalue weighted by Crippen LogP contribution is -2.46. The monoisotopic (exact) mass is 302 g/mol. The first-order valence-electron chi connectivity index (χ1n) is 8.22. The van der Waals surface area contributed by atoms with Crippen molar-refractivity contribution in [1.29, 1.82) is 0 Å². The van der Waals surface area contributed by atoms with Gasteiger partial charge in [0.2, 0.25) is 0 Å². The molecular weight excluding hydrogens is 276 g/mol. The lowest BCUT2D eigenvalue weighted by molar-refractivity contribution is 0.251. The highest BCUT2D eigenvalue weighted by Gasteiger charge is 2.39. The van der Waals surface area contributed by atoms with Crippen molar-refractivity contribution in [3.05, 3.63) is 35.4 Å². The van der Waals surface area contributed by atoms with Gasteiger partial charge in [-0.05, 0) is 49.1 Å². The second-order valence-electron chi connectivity index (χ2n) is 6.67. The molecule has 0 amide bonds. The van der Waals surface area contributed by atoms with Crippen LogP contribution in [0.25, 0.3) is 0 Å². The molecule has 0 radical (unpaired) electrons. The molecule has 21 heavy (non-hydrogen) atoms. The maximum absolute atomic E-state index is 4.79. The van der Waals surface area contributed by atoms with E-state index in [1.54, 1.807) is 0 Å². The number of hydrogen-bond acceptors (Lipinski definition) is 2. The summed E-state index contributed by atoms with van der Waals surface area (Å²) in [5.74, 6) is 2.10. The van der Waals surface area contributed by atoms with Gasteiger partial charge in [-0.2, -0.15) is 0 Å². The van der Waals surface area contributed by atoms with Crippen LogP contribution in [0.1, 0.15) is 50.7 Å². The molecule has 114 valence electrons. The van der Waals surface area contributed by atoms with Crippen LogP contribution in [0.3, 0.4) is 0 Å². The Kier molecular flexibility index (Phi) is 4.58. The van der Waals surface area contributed by atoms with E-state index in [2.05, 4.69) is 43.4 Å².